The van der Waals surface area contributed by atoms with Gasteiger partial charge in [0.25, 0.3) is 0 Å². The summed E-state index contributed by atoms with van der Waals surface area (Å²) < 4.78 is 7.36. The number of nitrogens with zero attached hydrogens (tertiary/aromatic N) is 4. The van der Waals surface area contributed by atoms with Crippen LogP contribution in [0.3, 0.4) is 0 Å². The third-order valence-corrected chi connectivity index (χ3v) is 4.97. The van der Waals surface area contributed by atoms with Crippen molar-refractivity contribution in [2.75, 3.05) is 13.1 Å². The zero-order valence-corrected chi connectivity index (χ0v) is 13.3. The van der Waals surface area contributed by atoms with E-state index in [1.807, 2.05) is 39.9 Å². The molecule has 24 heavy (non-hydrogen) atoms. The van der Waals surface area contributed by atoms with Gasteiger partial charge in [-0.2, -0.15) is 4.98 Å². The maximum absolute atomic E-state index is 12.5. The van der Waals surface area contributed by atoms with Crippen molar-refractivity contribution in [3.8, 4) is 0 Å². The van der Waals surface area contributed by atoms with Gasteiger partial charge in [-0.05, 0) is 30.4 Å². The SMILES string of the molecule is O=C(Cn1ccc2ccccc21)N1CC(c2nc(C3CC3)no2)C1. The van der Waals surface area contributed by atoms with Gasteiger partial charge in [-0.15, -0.1) is 0 Å². The number of carbonyl (C=O) groups excluding carboxylic acids is 1. The quantitative estimate of drug-likeness (QED) is 0.740. The Labute approximate surface area is 139 Å². The van der Waals surface area contributed by atoms with E-state index in [1.54, 1.807) is 0 Å². The molecular weight excluding hydrogens is 304 g/mol. The molecule has 1 aliphatic carbocycles. The standard InChI is InChI=1S/C18H18N4O2/c23-16(11-21-8-7-12-3-1-2-4-15(12)21)22-9-14(10-22)18-19-17(20-24-18)13-5-6-13/h1-4,7-8,13-14H,5-6,9-11H2. The second-order valence-corrected chi connectivity index (χ2v) is 6.76. The summed E-state index contributed by atoms with van der Waals surface area (Å²) in [5, 5.41) is 5.21. The predicted molar refractivity (Wildman–Crippen MR) is 87.5 cm³/mol. The summed E-state index contributed by atoms with van der Waals surface area (Å²) in [6.45, 7) is 1.71. The molecule has 1 amide bonds. The van der Waals surface area contributed by atoms with Crippen molar-refractivity contribution >= 4 is 16.8 Å². The highest BCUT2D eigenvalue weighted by Crippen LogP contribution is 2.39. The van der Waals surface area contributed by atoms with Crippen LogP contribution in [0.15, 0.2) is 41.1 Å². The molecule has 0 atom stereocenters. The highest BCUT2D eigenvalue weighted by Gasteiger charge is 2.37. The lowest BCUT2D eigenvalue weighted by Gasteiger charge is -2.37. The Morgan fingerprint density at radius 1 is 1.17 bits per heavy atom. The van der Waals surface area contributed by atoms with Gasteiger partial charge in [-0.1, -0.05) is 23.4 Å². The van der Waals surface area contributed by atoms with Gasteiger partial charge in [0, 0.05) is 30.7 Å². The van der Waals surface area contributed by atoms with Crippen LogP contribution in [0.1, 0.15) is 36.4 Å². The summed E-state index contributed by atoms with van der Waals surface area (Å²) in [7, 11) is 0. The lowest BCUT2D eigenvalue weighted by atomic mass is 10.00. The first kappa shape index (κ1) is 13.8. The molecule has 1 saturated heterocycles. The van der Waals surface area contributed by atoms with Crippen molar-refractivity contribution in [2.24, 2.45) is 0 Å². The van der Waals surface area contributed by atoms with Gasteiger partial charge in [-0.3, -0.25) is 4.79 Å². The van der Waals surface area contributed by atoms with Crippen LogP contribution in [0.25, 0.3) is 10.9 Å². The van der Waals surface area contributed by atoms with Crippen LogP contribution in [0.5, 0.6) is 0 Å². The van der Waals surface area contributed by atoms with Crippen LogP contribution >= 0.6 is 0 Å². The molecule has 2 aliphatic rings. The highest BCUT2D eigenvalue weighted by molar-refractivity contribution is 5.83. The first-order valence-electron chi connectivity index (χ1n) is 8.43. The Balaban J connectivity index is 1.23. The molecule has 3 aromatic rings. The first-order chi connectivity index (χ1) is 11.8. The third-order valence-electron chi connectivity index (χ3n) is 4.97. The summed E-state index contributed by atoms with van der Waals surface area (Å²) in [6.07, 6.45) is 4.30. The third kappa shape index (κ3) is 2.29. The molecule has 6 heteroatoms. The van der Waals surface area contributed by atoms with E-state index in [2.05, 4.69) is 16.2 Å². The lowest BCUT2D eigenvalue weighted by molar-refractivity contribution is -0.136. The van der Waals surface area contributed by atoms with E-state index in [1.165, 1.54) is 12.8 Å². The predicted octanol–water partition coefficient (Wildman–Crippen LogP) is 2.53. The van der Waals surface area contributed by atoms with E-state index >= 15 is 0 Å². The van der Waals surface area contributed by atoms with E-state index < -0.39 is 0 Å². The summed E-state index contributed by atoms with van der Waals surface area (Å²) >= 11 is 0. The Hall–Kier alpha value is -2.63. The van der Waals surface area contributed by atoms with Crippen molar-refractivity contribution in [3.63, 3.8) is 0 Å². The molecule has 0 unspecified atom stereocenters. The van der Waals surface area contributed by atoms with E-state index in [0.717, 1.165) is 16.7 Å². The average Bonchev–Trinajstić information content (AvgIpc) is 3.16. The minimum atomic E-state index is 0.134. The van der Waals surface area contributed by atoms with Crippen molar-refractivity contribution in [3.05, 3.63) is 48.2 Å². The molecule has 2 aromatic heterocycles. The molecule has 2 fully saturated rings. The number of benzene rings is 1. The monoisotopic (exact) mass is 322 g/mol. The molecule has 122 valence electrons. The normalized spacial score (nSPS) is 18.1. The number of aromatic nitrogens is 3. The average molecular weight is 322 g/mol. The van der Waals surface area contributed by atoms with Gasteiger partial charge >= 0.3 is 0 Å². The van der Waals surface area contributed by atoms with Gasteiger partial charge in [0.1, 0.15) is 6.54 Å². The summed E-state index contributed by atoms with van der Waals surface area (Å²) in [5.74, 6) is 2.35. The van der Waals surface area contributed by atoms with Gasteiger partial charge < -0.3 is 14.0 Å². The number of amides is 1. The van der Waals surface area contributed by atoms with Crippen molar-refractivity contribution in [1.82, 2.24) is 19.6 Å². The summed E-state index contributed by atoms with van der Waals surface area (Å²) in [5.41, 5.74) is 1.09. The molecule has 5 rings (SSSR count). The fourth-order valence-electron chi connectivity index (χ4n) is 3.28. The molecule has 1 aliphatic heterocycles. The number of carbonyl (C=O) groups is 1. The topological polar surface area (TPSA) is 64.2 Å². The molecule has 6 nitrogen and oxygen atoms in total. The van der Waals surface area contributed by atoms with Gasteiger partial charge in [0.05, 0.1) is 5.92 Å². The fourth-order valence-corrected chi connectivity index (χ4v) is 3.28. The summed E-state index contributed by atoms with van der Waals surface area (Å²) in [4.78, 5) is 18.8. The first-order valence-corrected chi connectivity index (χ1v) is 8.43. The van der Waals surface area contributed by atoms with Crippen LogP contribution in [0.2, 0.25) is 0 Å². The number of hydrogen-bond donors (Lipinski definition) is 0. The maximum Gasteiger partial charge on any atom is 0.242 e. The van der Waals surface area contributed by atoms with E-state index in [4.69, 9.17) is 4.52 Å². The molecule has 1 aromatic carbocycles. The van der Waals surface area contributed by atoms with Gasteiger partial charge in [0.15, 0.2) is 5.82 Å². The smallest absolute Gasteiger partial charge is 0.242 e. The van der Waals surface area contributed by atoms with Crippen LogP contribution in [-0.4, -0.2) is 38.6 Å². The Morgan fingerprint density at radius 2 is 2.00 bits per heavy atom. The number of hydrogen-bond acceptors (Lipinski definition) is 4. The Morgan fingerprint density at radius 3 is 2.83 bits per heavy atom. The van der Waals surface area contributed by atoms with E-state index in [9.17, 15) is 4.79 Å². The minimum absolute atomic E-state index is 0.134. The van der Waals surface area contributed by atoms with E-state index in [-0.39, 0.29) is 11.8 Å². The number of likely N-dealkylation sites (tertiary alicyclic amines) is 1. The maximum atomic E-state index is 12.5. The molecule has 0 spiro atoms. The number of fused-ring (bicyclic) bond motifs is 1. The largest absolute Gasteiger partial charge is 0.339 e. The zero-order chi connectivity index (χ0) is 16.1. The molecular formula is C18H18N4O2. The highest BCUT2D eigenvalue weighted by atomic mass is 16.5. The van der Waals surface area contributed by atoms with Crippen LogP contribution < -0.4 is 0 Å². The Bertz CT molecular complexity index is 903. The van der Waals surface area contributed by atoms with Crippen LogP contribution in [0.4, 0.5) is 0 Å². The molecule has 0 N–H and O–H groups in total. The van der Waals surface area contributed by atoms with Crippen LogP contribution in [0, 0.1) is 0 Å². The van der Waals surface area contributed by atoms with Crippen LogP contribution in [-0.2, 0) is 11.3 Å². The number of para-hydroxylation sites is 1. The molecule has 0 bridgehead atoms. The van der Waals surface area contributed by atoms with Crippen molar-refractivity contribution in [2.45, 2.75) is 31.2 Å². The molecule has 0 radical (unpaired) electrons. The van der Waals surface area contributed by atoms with Crippen molar-refractivity contribution < 1.29 is 9.32 Å². The summed E-state index contributed by atoms with van der Waals surface area (Å²) in [6, 6.07) is 10.1. The zero-order valence-electron chi connectivity index (χ0n) is 13.3. The molecule has 1 saturated carbocycles. The molecule has 3 heterocycles. The number of rotatable bonds is 4. The van der Waals surface area contributed by atoms with E-state index in [0.29, 0.717) is 31.4 Å². The fraction of sp³-hybridized carbons (Fsp3) is 0.389. The minimum Gasteiger partial charge on any atom is -0.339 e. The van der Waals surface area contributed by atoms with Gasteiger partial charge in [0.2, 0.25) is 11.8 Å². The Kier molecular flexibility index (Phi) is 2.98. The second kappa shape index (κ2) is 5.19. The second-order valence-electron chi connectivity index (χ2n) is 6.76. The van der Waals surface area contributed by atoms with Crippen molar-refractivity contribution in [1.29, 1.82) is 0 Å². The van der Waals surface area contributed by atoms with Gasteiger partial charge in [-0.25, -0.2) is 0 Å². The lowest BCUT2D eigenvalue weighted by Crippen LogP contribution is -2.49.